The van der Waals surface area contributed by atoms with Crippen LogP contribution in [-0.2, 0) is 17.8 Å². The standard InChI is InChI=1S/C13H24N4O/c1-10(2)11(3)16-13(18)8-17-7-12(15-9-17)5-6-14-4/h7,9-11,14H,5-6,8H2,1-4H3,(H,16,18). The van der Waals surface area contributed by atoms with Crippen LogP contribution in [0, 0.1) is 5.92 Å². The summed E-state index contributed by atoms with van der Waals surface area (Å²) < 4.78 is 1.83. The zero-order valence-electron chi connectivity index (χ0n) is 11.7. The average Bonchev–Trinajstić information content (AvgIpc) is 2.73. The van der Waals surface area contributed by atoms with Gasteiger partial charge in [-0.2, -0.15) is 0 Å². The number of likely N-dealkylation sites (N-methyl/N-ethyl adjacent to an activating group) is 1. The molecule has 5 heteroatoms. The summed E-state index contributed by atoms with van der Waals surface area (Å²) in [5.41, 5.74) is 1.01. The van der Waals surface area contributed by atoms with Crippen molar-refractivity contribution in [2.24, 2.45) is 5.92 Å². The molecule has 1 aromatic heterocycles. The molecule has 102 valence electrons. The average molecular weight is 252 g/mol. The molecule has 18 heavy (non-hydrogen) atoms. The lowest BCUT2D eigenvalue weighted by Crippen LogP contribution is -2.37. The van der Waals surface area contributed by atoms with Crippen LogP contribution in [0.25, 0.3) is 0 Å². The highest BCUT2D eigenvalue weighted by Gasteiger charge is 2.11. The third kappa shape index (κ3) is 4.87. The number of carbonyl (C=O) groups excluding carboxylic acids is 1. The van der Waals surface area contributed by atoms with E-state index in [4.69, 9.17) is 0 Å². The third-order valence-corrected chi connectivity index (χ3v) is 3.03. The van der Waals surface area contributed by atoms with E-state index in [0.29, 0.717) is 12.5 Å². The molecule has 0 aliphatic heterocycles. The molecule has 0 spiro atoms. The number of aromatic nitrogens is 2. The van der Waals surface area contributed by atoms with Gasteiger partial charge in [0.2, 0.25) is 5.91 Å². The number of nitrogens with one attached hydrogen (secondary N) is 2. The Morgan fingerprint density at radius 3 is 2.78 bits per heavy atom. The van der Waals surface area contributed by atoms with Gasteiger partial charge in [0.15, 0.2) is 0 Å². The molecule has 5 nitrogen and oxygen atoms in total. The number of rotatable bonds is 7. The van der Waals surface area contributed by atoms with Gasteiger partial charge < -0.3 is 15.2 Å². The van der Waals surface area contributed by atoms with Gasteiger partial charge in [0.25, 0.3) is 0 Å². The van der Waals surface area contributed by atoms with Gasteiger partial charge in [-0.05, 0) is 19.9 Å². The van der Waals surface area contributed by atoms with E-state index in [1.165, 1.54) is 0 Å². The second-order valence-electron chi connectivity index (χ2n) is 4.99. The van der Waals surface area contributed by atoms with Crippen LogP contribution >= 0.6 is 0 Å². The van der Waals surface area contributed by atoms with Crippen molar-refractivity contribution in [2.75, 3.05) is 13.6 Å². The number of amides is 1. The maximum absolute atomic E-state index is 11.8. The van der Waals surface area contributed by atoms with Crippen LogP contribution in [0.3, 0.4) is 0 Å². The predicted molar refractivity (Wildman–Crippen MR) is 72.3 cm³/mol. The van der Waals surface area contributed by atoms with Gasteiger partial charge in [0.1, 0.15) is 6.54 Å². The van der Waals surface area contributed by atoms with E-state index in [1.54, 1.807) is 6.33 Å². The molecule has 1 atom stereocenters. The van der Waals surface area contributed by atoms with Gasteiger partial charge in [-0.1, -0.05) is 13.8 Å². The molecule has 0 saturated carbocycles. The van der Waals surface area contributed by atoms with E-state index < -0.39 is 0 Å². The van der Waals surface area contributed by atoms with Gasteiger partial charge in [-0.3, -0.25) is 4.79 Å². The van der Waals surface area contributed by atoms with Crippen molar-refractivity contribution in [3.05, 3.63) is 18.2 Å². The predicted octanol–water partition coefficient (Wildman–Crippen LogP) is 0.806. The Kier molecular flexibility index (Phi) is 5.85. The molecule has 2 N–H and O–H groups in total. The van der Waals surface area contributed by atoms with Crippen LogP contribution in [0.1, 0.15) is 26.5 Å². The molecule has 0 radical (unpaired) electrons. The van der Waals surface area contributed by atoms with Gasteiger partial charge in [-0.25, -0.2) is 4.98 Å². The Labute approximate surface area is 109 Å². The smallest absolute Gasteiger partial charge is 0.240 e. The highest BCUT2D eigenvalue weighted by molar-refractivity contribution is 5.76. The molecule has 1 unspecified atom stereocenters. The van der Waals surface area contributed by atoms with E-state index in [0.717, 1.165) is 18.7 Å². The summed E-state index contributed by atoms with van der Waals surface area (Å²) in [7, 11) is 1.91. The Bertz CT molecular complexity index is 373. The molecule has 0 aliphatic carbocycles. The molecule has 1 amide bonds. The van der Waals surface area contributed by atoms with E-state index in [1.807, 2.05) is 24.7 Å². The molecule has 0 saturated heterocycles. The lowest BCUT2D eigenvalue weighted by Gasteiger charge is -2.17. The largest absolute Gasteiger partial charge is 0.352 e. The van der Waals surface area contributed by atoms with E-state index in [-0.39, 0.29) is 11.9 Å². The minimum absolute atomic E-state index is 0.0359. The van der Waals surface area contributed by atoms with Gasteiger partial charge >= 0.3 is 0 Å². The van der Waals surface area contributed by atoms with Crippen molar-refractivity contribution in [3.8, 4) is 0 Å². The fourth-order valence-corrected chi connectivity index (χ4v) is 1.51. The van der Waals surface area contributed by atoms with Crippen molar-refractivity contribution in [1.82, 2.24) is 20.2 Å². The summed E-state index contributed by atoms with van der Waals surface area (Å²) in [6.45, 7) is 7.45. The highest BCUT2D eigenvalue weighted by atomic mass is 16.2. The van der Waals surface area contributed by atoms with Crippen LogP contribution in [0.5, 0.6) is 0 Å². The molecular formula is C13H24N4O. The van der Waals surface area contributed by atoms with Crippen molar-refractivity contribution in [2.45, 2.75) is 39.8 Å². The number of carbonyl (C=O) groups is 1. The Morgan fingerprint density at radius 1 is 1.44 bits per heavy atom. The van der Waals surface area contributed by atoms with Crippen LogP contribution in [-0.4, -0.2) is 35.1 Å². The molecule has 1 heterocycles. The third-order valence-electron chi connectivity index (χ3n) is 3.03. The maximum Gasteiger partial charge on any atom is 0.240 e. The highest BCUT2D eigenvalue weighted by Crippen LogP contribution is 2.01. The van der Waals surface area contributed by atoms with E-state index in [2.05, 4.69) is 29.5 Å². The first-order chi connectivity index (χ1) is 8.52. The normalized spacial score (nSPS) is 12.7. The van der Waals surface area contributed by atoms with Crippen molar-refractivity contribution in [3.63, 3.8) is 0 Å². The Balaban J connectivity index is 2.42. The fourth-order valence-electron chi connectivity index (χ4n) is 1.51. The molecule has 1 rings (SSSR count). The number of imidazole rings is 1. The zero-order valence-corrected chi connectivity index (χ0v) is 11.7. The van der Waals surface area contributed by atoms with Crippen LogP contribution in [0.4, 0.5) is 0 Å². The van der Waals surface area contributed by atoms with Gasteiger partial charge in [0, 0.05) is 25.2 Å². The van der Waals surface area contributed by atoms with E-state index >= 15 is 0 Å². The first kappa shape index (κ1) is 14.7. The first-order valence-corrected chi connectivity index (χ1v) is 6.47. The number of nitrogens with zero attached hydrogens (tertiary/aromatic N) is 2. The Morgan fingerprint density at radius 2 is 2.17 bits per heavy atom. The summed E-state index contributed by atoms with van der Waals surface area (Å²) in [6.07, 6.45) is 4.52. The molecule has 0 aliphatic rings. The second kappa shape index (κ2) is 7.16. The molecule has 0 bridgehead atoms. The quantitative estimate of drug-likeness (QED) is 0.755. The summed E-state index contributed by atoms with van der Waals surface area (Å²) in [6, 6.07) is 0.199. The second-order valence-corrected chi connectivity index (χ2v) is 4.99. The van der Waals surface area contributed by atoms with Crippen LogP contribution < -0.4 is 10.6 Å². The lowest BCUT2D eigenvalue weighted by atomic mass is 10.1. The van der Waals surface area contributed by atoms with Crippen LogP contribution in [0.15, 0.2) is 12.5 Å². The number of hydrogen-bond acceptors (Lipinski definition) is 3. The molecule has 0 fully saturated rings. The lowest BCUT2D eigenvalue weighted by molar-refractivity contribution is -0.122. The van der Waals surface area contributed by atoms with E-state index in [9.17, 15) is 4.79 Å². The summed E-state index contributed by atoms with van der Waals surface area (Å²) in [5, 5.41) is 6.06. The summed E-state index contributed by atoms with van der Waals surface area (Å²) in [5.74, 6) is 0.483. The summed E-state index contributed by atoms with van der Waals surface area (Å²) in [4.78, 5) is 16.0. The zero-order chi connectivity index (χ0) is 13.5. The topological polar surface area (TPSA) is 59.0 Å². The Hall–Kier alpha value is -1.36. The first-order valence-electron chi connectivity index (χ1n) is 6.47. The van der Waals surface area contributed by atoms with Gasteiger partial charge in [-0.15, -0.1) is 0 Å². The number of hydrogen-bond donors (Lipinski definition) is 2. The minimum atomic E-state index is 0.0359. The van der Waals surface area contributed by atoms with Crippen molar-refractivity contribution >= 4 is 5.91 Å². The molecule has 1 aromatic rings. The molecule has 0 aromatic carbocycles. The summed E-state index contributed by atoms with van der Waals surface area (Å²) >= 11 is 0. The van der Waals surface area contributed by atoms with Crippen LogP contribution in [0.2, 0.25) is 0 Å². The fraction of sp³-hybridized carbons (Fsp3) is 0.692. The van der Waals surface area contributed by atoms with Gasteiger partial charge in [0.05, 0.1) is 12.0 Å². The molecular weight excluding hydrogens is 228 g/mol. The monoisotopic (exact) mass is 252 g/mol. The maximum atomic E-state index is 11.8. The minimum Gasteiger partial charge on any atom is -0.352 e. The SMILES string of the molecule is CNCCc1cn(CC(=O)NC(C)C(C)C)cn1. The van der Waals surface area contributed by atoms with Crippen molar-refractivity contribution in [1.29, 1.82) is 0 Å². The van der Waals surface area contributed by atoms with Crippen molar-refractivity contribution < 1.29 is 4.79 Å².